The number of fused-ring (bicyclic) bond motifs is 6. The summed E-state index contributed by atoms with van der Waals surface area (Å²) >= 11 is 1.86. The zero-order valence-electron chi connectivity index (χ0n) is 25.5. The van der Waals surface area contributed by atoms with Gasteiger partial charge in [-0.25, -0.2) is 0 Å². The molecule has 0 bridgehead atoms. The molecular formula is C44H31NS. The standard InChI is InChI=1S/C44H31NS/c1-44(32-15-6-3-7-16-32)38-19-10-8-18-36(38)43-39(44)20-12-21-40(43)45(33-25-23-31(24-26-33)30-13-4-2-5-14-30)34-27-28-42-37(29-34)35-17-9-11-22-41(35)46-42/h2-29H,1H3. The van der Waals surface area contributed by atoms with Gasteiger partial charge in [0, 0.05) is 42.5 Å². The molecule has 0 aliphatic heterocycles. The molecule has 0 fully saturated rings. The van der Waals surface area contributed by atoms with E-state index >= 15 is 0 Å². The molecule has 1 aromatic heterocycles. The first-order chi connectivity index (χ1) is 22.7. The Morgan fingerprint density at radius 1 is 0.478 bits per heavy atom. The average Bonchev–Trinajstić information content (AvgIpc) is 3.63. The summed E-state index contributed by atoms with van der Waals surface area (Å²) in [6.07, 6.45) is 0. The van der Waals surface area contributed by atoms with Crippen LogP contribution in [0, 0.1) is 0 Å². The molecule has 218 valence electrons. The van der Waals surface area contributed by atoms with Crippen LogP contribution < -0.4 is 4.90 Å². The van der Waals surface area contributed by atoms with Gasteiger partial charge in [-0.2, -0.15) is 0 Å². The molecule has 0 radical (unpaired) electrons. The SMILES string of the molecule is CC1(c2ccccc2)c2ccccc2-c2c(N(c3ccc(-c4ccccc4)cc3)c3ccc4sc5ccccc5c4c3)cccc21. The summed E-state index contributed by atoms with van der Waals surface area (Å²) in [6, 6.07) is 62.2. The van der Waals surface area contributed by atoms with Crippen molar-refractivity contribution in [3.8, 4) is 22.3 Å². The first-order valence-corrected chi connectivity index (χ1v) is 16.7. The van der Waals surface area contributed by atoms with E-state index in [1.54, 1.807) is 0 Å². The van der Waals surface area contributed by atoms with Crippen LogP contribution in [0.4, 0.5) is 17.1 Å². The minimum Gasteiger partial charge on any atom is -0.310 e. The van der Waals surface area contributed by atoms with Crippen molar-refractivity contribution >= 4 is 48.6 Å². The fraction of sp³-hybridized carbons (Fsp3) is 0.0455. The molecule has 2 heteroatoms. The highest BCUT2D eigenvalue weighted by molar-refractivity contribution is 7.25. The summed E-state index contributed by atoms with van der Waals surface area (Å²) in [5.41, 5.74) is 12.2. The molecule has 9 rings (SSSR count). The number of hydrogen-bond acceptors (Lipinski definition) is 2. The van der Waals surface area contributed by atoms with Crippen LogP contribution >= 0.6 is 11.3 Å². The highest BCUT2D eigenvalue weighted by atomic mass is 32.1. The lowest BCUT2D eigenvalue weighted by Crippen LogP contribution is -2.22. The number of thiophene rings is 1. The maximum atomic E-state index is 2.47. The highest BCUT2D eigenvalue weighted by Crippen LogP contribution is 2.56. The van der Waals surface area contributed by atoms with E-state index in [0.717, 1.165) is 11.4 Å². The Morgan fingerprint density at radius 3 is 1.93 bits per heavy atom. The molecule has 1 aliphatic carbocycles. The second-order valence-corrected chi connectivity index (χ2v) is 13.3. The third kappa shape index (κ3) is 4.07. The topological polar surface area (TPSA) is 3.24 Å². The fourth-order valence-corrected chi connectivity index (χ4v) is 8.59. The van der Waals surface area contributed by atoms with E-state index in [1.807, 2.05) is 11.3 Å². The van der Waals surface area contributed by atoms with Crippen LogP contribution in [0.15, 0.2) is 170 Å². The highest BCUT2D eigenvalue weighted by Gasteiger charge is 2.42. The second kappa shape index (κ2) is 10.6. The van der Waals surface area contributed by atoms with E-state index < -0.39 is 0 Å². The second-order valence-electron chi connectivity index (χ2n) is 12.3. The summed E-state index contributed by atoms with van der Waals surface area (Å²) < 4.78 is 2.63. The number of benzene rings is 7. The van der Waals surface area contributed by atoms with Crippen molar-refractivity contribution in [2.45, 2.75) is 12.3 Å². The average molecular weight is 606 g/mol. The molecule has 1 nitrogen and oxygen atoms in total. The lowest BCUT2D eigenvalue weighted by molar-refractivity contribution is 0.714. The van der Waals surface area contributed by atoms with E-state index in [1.165, 1.54) is 64.8 Å². The van der Waals surface area contributed by atoms with Crippen LogP contribution in [-0.2, 0) is 5.41 Å². The molecule has 1 unspecified atom stereocenters. The van der Waals surface area contributed by atoms with Crippen LogP contribution in [0.2, 0.25) is 0 Å². The van der Waals surface area contributed by atoms with Crippen LogP contribution in [0.25, 0.3) is 42.4 Å². The van der Waals surface area contributed by atoms with Gasteiger partial charge in [0.15, 0.2) is 0 Å². The molecule has 0 spiro atoms. The van der Waals surface area contributed by atoms with Gasteiger partial charge in [0.2, 0.25) is 0 Å². The molecule has 0 N–H and O–H groups in total. The van der Waals surface area contributed by atoms with Crippen LogP contribution in [-0.4, -0.2) is 0 Å². The summed E-state index contributed by atoms with van der Waals surface area (Å²) in [5.74, 6) is 0. The molecule has 8 aromatic rings. The molecule has 46 heavy (non-hydrogen) atoms. The predicted octanol–water partition coefficient (Wildman–Crippen LogP) is 12.5. The van der Waals surface area contributed by atoms with Crippen LogP contribution in [0.3, 0.4) is 0 Å². The number of hydrogen-bond donors (Lipinski definition) is 0. The van der Waals surface area contributed by atoms with E-state index in [9.17, 15) is 0 Å². The van der Waals surface area contributed by atoms with Crippen molar-refractivity contribution in [3.05, 3.63) is 187 Å². The number of nitrogens with zero attached hydrogens (tertiary/aromatic N) is 1. The van der Waals surface area contributed by atoms with Gasteiger partial charge >= 0.3 is 0 Å². The monoisotopic (exact) mass is 605 g/mol. The van der Waals surface area contributed by atoms with Crippen molar-refractivity contribution in [3.63, 3.8) is 0 Å². The number of anilines is 3. The minimum atomic E-state index is -0.264. The van der Waals surface area contributed by atoms with Gasteiger partial charge in [-0.05, 0) is 82.8 Å². The molecule has 0 amide bonds. The van der Waals surface area contributed by atoms with Gasteiger partial charge in [0.05, 0.1) is 5.69 Å². The van der Waals surface area contributed by atoms with Crippen molar-refractivity contribution in [1.82, 2.24) is 0 Å². The first-order valence-electron chi connectivity index (χ1n) is 15.9. The van der Waals surface area contributed by atoms with E-state index in [4.69, 9.17) is 0 Å². The molecule has 1 aliphatic rings. The van der Waals surface area contributed by atoms with Crippen molar-refractivity contribution < 1.29 is 0 Å². The first kappa shape index (κ1) is 26.9. The molecule has 0 saturated heterocycles. The molecule has 1 heterocycles. The quantitative estimate of drug-likeness (QED) is 0.189. The normalized spacial score (nSPS) is 15.2. The van der Waals surface area contributed by atoms with Gasteiger partial charge in [-0.15, -0.1) is 11.3 Å². The summed E-state index contributed by atoms with van der Waals surface area (Å²) in [7, 11) is 0. The van der Waals surface area contributed by atoms with Gasteiger partial charge in [-0.1, -0.05) is 127 Å². The smallest absolute Gasteiger partial charge is 0.0543 e. The Hall–Kier alpha value is -5.44. The molecule has 7 aromatic carbocycles. The Labute approximate surface area is 273 Å². The van der Waals surface area contributed by atoms with Gasteiger partial charge < -0.3 is 4.90 Å². The van der Waals surface area contributed by atoms with Crippen LogP contribution in [0.5, 0.6) is 0 Å². The Bertz CT molecular complexity index is 2370. The van der Waals surface area contributed by atoms with Gasteiger partial charge in [0.1, 0.15) is 0 Å². The van der Waals surface area contributed by atoms with Gasteiger partial charge in [0.25, 0.3) is 0 Å². The summed E-state index contributed by atoms with van der Waals surface area (Å²) in [4.78, 5) is 2.47. The molecule has 1 atom stereocenters. The maximum absolute atomic E-state index is 2.47. The Kier molecular flexibility index (Phi) is 6.19. The van der Waals surface area contributed by atoms with E-state index in [0.29, 0.717) is 0 Å². The maximum Gasteiger partial charge on any atom is 0.0543 e. The fourth-order valence-electron chi connectivity index (χ4n) is 7.50. The largest absolute Gasteiger partial charge is 0.310 e. The van der Waals surface area contributed by atoms with E-state index in [2.05, 4.69) is 182 Å². The lowest BCUT2D eigenvalue weighted by Gasteiger charge is -2.30. The third-order valence-corrected chi connectivity index (χ3v) is 10.9. The zero-order valence-corrected chi connectivity index (χ0v) is 26.3. The summed E-state index contributed by atoms with van der Waals surface area (Å²) in [5, 5.41) is 2.61. The summed E-state index contributed by atoms with van der Waals surface area (Å²) in [6.45, 7) is 2.39. The number of rotatable bonds is 5. The van der Waals surface area contributed by atoms with Crippen molar-refractivity contribution in [2.75, 3.05) is 4.90 Å². The minimum absolute atomic E-state index is 0.264. The Balaban J connectivity index is 1.30. The van der Waals surface area contributed by atoms with Gasteiger partial charge in [-0.3, -0.25) is 0 Å². The van der Waals surface area contributed by atoms with E-state index in [-0.39, 0.29) is 5.41 Å². The lowest BCUT2D eigenvalue weighted by atomic mass is 9.74. The predicted molar refractivity (Wildman–Crippen MR) is 197 cm³/mol. The van der Waals surface area contributed by atoms with Crippen molar-refractivity contribution in [1.29, 1.82) is 0 Å². The molecule has 0 saturated carbocycles. The molecular weight excluding hydrogens is 575 g/mol. The zero-order chi connectivity index (χ0) is 30.7. The van der Waals surface area contributed by atoms with Crippen LogP contribution in [0.1, 0.15) is 23.6 Å². The third-order valence-electron chi connectivity index (χ3n) is 9.76. The van der Waals surface area contributed by atoms with Crippen molar-refractivity contribution in [2.24, 2.45) is 0 Å². The Morgan fingerprint density at radius 2 is 1.11 bits per heavy atom.